The molecule has 2 saturated heterocycles. The number of piperidine rings is 1. The summed E-state index contributed by atoms with van der Waals surface area (Å²) in [5, 5.41) is 10.8. The SMILES string of the molecule is CCOc1cc(/C=C2/SC(=O)N(CC(=O)N3CCCCC3)C2=O)ccc1OCc1ccccc1[N+](=O)[O-]. The smallest absolute Gasteiger partial charge is 0.294 e. The highest BCUT2D eigenvalue weighted by Crippen LogP contribution is 2.35. The van der Waals surface area contributed by atoms with Crippen molar-refractivity contribution in [2.45, 2.75) is 32.8 Å². The Hall–Kier alpha value is -3.86. The maximum Gasteiger partial charge on any atom is 0.294 e. The van der Waals surface area contributed by atoms with Gasteiger partial charge >= 0.3 is 0 Å². The van der Waals surface area contributed by atoms with Gasteiger partial charge in [-0.25, -0.2) is 0 Å². The quantitative estimate of drug-likeness (QED) is 0.264. The molecular formula is C26H27N3O7S. The largest absolute Gasteiger partial charge is 0.490 e. The number of imide groups is 1. The van der Waals surface area contributed by atoms with E-state index in [0.29, 0.717) is 42.3 Å². The lowest BCUT2D eigenvalue weighted by molar-refractivity contribution is -0.385. The van der Waals surface area contributed by atoms with Crippen LogP contribution in [0.25, 0.3) is 6.08 Å². The lowest BCUT2D eigenvalue weighted by Gasteiger charge is -2.27. The van der Waals surface area contributed by atoms with Gasteiger partial charge in [0.1, 0.15) is 13.2 Å². The number of ether oxygens (including phenoxy) is 2. The Morgan fingerprint density at radius 3 is 2.57 bits per heavy atom. The molecule has 2 heterocycles. The van der Waals surface area contributed by atoms with E-state index < -0.39 is 16.1 Å². The fourth-order valence-corrected chi connectivity index (χ4v) is 4.97. The summed E-state index contributed by atoms with van der Waals surface area (Å²) in [5.74, 6) is 0.0591. The van der Waals surface area contributed by atoms with Crippen LogP contribution < -0.4 is 9.47 Å². The van der Waals surface area contributed by atoms with Crippen molar-refractivity contribution < 1.29 is 28.8 Å². The molecule has 10 nitrogen and oxygen atoms in total. The van der Waals surface area contributed by atoms with E-state index in [1.54, 1.807) is 47.4 Å². The van der Waals surface area contributed by atoms with E-state index in [4.69, 9.17) is 9.47 Å². The molecule has 2 aromatic carbocycles. The second-order valence-corrected chi connectivity index (χ2v) is 9.52. The molecule has 2 fully saturated rings. The lowest BCUT2D eigenvalue weighted by atomic mass is 10.1. The number of nitrogens with zero attached hydrogens (tertiary/aromatic N) is 3. The van der Waals surface area contributed by atoms with E-state index in [0.717, 1.165) is 35.9 Å². The highest BCUT2D eigenvalue weighted by atomic mass is 32.2. The summed E-state index contributed by atoms with van der Waals surface area (Å²) in [5.41, 5.74) is 0.993. The Morgan fingerprint density at radius 2 is 1.84 bits per heavy atom. The van der Waals surface area contributed by atoms with Gasteiger partial charge in [0.2, 0.25) is 5.91 Å². The van der Waals surface area contributed by atoms with Crippen molar-refractivity contribution in [3.05, 3.63) is 68.6 Å². The number of benzene rings is 2. The van der Waals surface area contributed by atoms with Crippen LogP contribution >= 0.6 is 11.8 Å². The third kappa shape index (κ3) is 6.29. The van der Waals surface area contributed by atoms with E-state index in [9.17, 15) is 24.5 Å². The predicted octanol–water partition coefficient (Wildman–Crippen LogP) is 4.62. The molecule has 2 aromatic rings. The Kier molecular flexibility index (Phi) is 8.44. The van der Waals surface area contributed by atoms with Crippen LogP contribution in [0, 0.1) is 10.1 Å². The molecule has 0 N–H and O–H groups in total. The first-order valence-corrected chi connectivity index (χ1v) is 12.8. The van der Waals surface area contributed by atoms with Crippen molar-refractivity contribution in [2.24, 2.45) is 0 Å². The van der Waals surface area contributed by atoms with Crippen LogP contribution in [-0.2, 0) is 16.2 Å². The van der Waals surface area contributed by atoms with Crippen LogP contribution in [0.2, 0.25) is 0 Å². The number of thioether (sulfide) groups is 1. The molecule has 0 unspecified atom stereocenters. The van der Waals surface area contributed by atoms with Gasteiger partial charge in [-0.1, -0.05) is 18.2 Å². The van der Waals surface area contributed by atoms with Gasteiger partial charge in [0.25, 0.3) is 16.8 Å². The van der Waals surface area contributed by atoms with Crippen LogP contribution in [0.5, 0.6) is 11.5 Å². The molecule has 11 heteroatoms. The second kappa shape index (κ2) is 11.9. The summed E-state index contributed by atoms with van der Waals surface area (Å²) in [7, 11) is 0. The van der Waals surface area contributed by atoms with Gasteiger partial charge in [-0.3, -0.25) is 29.4 Å². The van der Waals surface area contributed by atoms with Gasteiger partial charge < -0.3 is 14.4 Å². The standard InChI is InChI=1S/C26H27N3O7S/c1-2-35-22-14-18(10-11-21(22)36-17-19-8-4-5-9-20(19)29(33)34)15-23-25(31)28(26(32)37-23)16-24(30)27-12-6-3-7-13-27/h4-5,8-11,14-15H,2-3,6-7,12-13,16-17H2,1H3/b23-15+. The third-order valence-corrected chi connectivity index (χ3v) is 6.92. The summed E-state index contributed by atoms with van der Waals surface area (Å²) < 4.78 is 11.5. The summed E-state index contributed by atoms with van der Waals surface area (Å²) in [4.78, 5) is 51.7. The van der Waals surface area contributed by atoms with Crippen molar-refractivity contribution >= 4 is 40.6 Å². The minimum atomic E-state index is -0.505. The molecule has 0 aromatic heterocycles. The Balaban J connectivity index is 1.47. The van der Waals surface area contributed by atoms with E-state index in [2.05, 4.69) is 0 Å². The Morgan fingerprint density at radius 1 is 1.08 bits per heavy atom. The van der Waals surface area contributed by atoms with Crippen LogP contribution in [0.15, 0.2) is 47.4 Å². The van der Waals surface area contributed by atoms with Crippen molar-refractivity contribution in [3.8, 4) is 11.5 Å². The first-order chi connectivity index (χ1) is 17.9. The summed E-state index contributed by atoms with van der Waals surface area (Å²) in [6, 6.07) is 11.3. The number of hydrogen-bond donors (Lipinski definition) is 0. The zero-order valence-electron chi connectivity index (χ0n) is 20.4. The summed E-state index contributed by atoms with van der Waals surface area (Å²) in [6.45, 7) is 3.17. The third-order valence-electron chi connectivity index (χ3n) is 6.01. The number of rotatable bonds is 9. The second-order valence-electron chi connectivity index (χ2n) is 8.52. The van der Waals surface area contributed by atoms with E-state index >= 15 is 0 Å². The van der Waals surface area contributed by atoms with E-state index in [-0.39, 0.29) is 29.7 Å². The first kappa shape index (κ1) is 26.2. The molecule has 0 atom stereocenters. The molecule has 0 aliphatic carbocycles. The molecule has 2 aliphatic heterocycles. The van der Waals surface area contributed by atoms with Crippen LogP contribution in [0.1, 0.15) is 37.3 Å². The number of nitro benzene ring substituents is 1. The minimum absolute atomic E-state index is 0.0273. The zero-order valence-corrected chi connectivity index (χ0v) is 21.2. The van der Waals surface area contributed by atoms with Crippen molar-refractivity contribution in [1.82, 2.24) is 9.80 Å². The number of amides is 3. The molecule has 0 radical (unpaired) electrons. The average molecular weight is 526 g/mol. The van der Waals surface area contributed by atoms with Gasteiger partial charge in [0.15, 0.2) is 11.5 Å². The molecule has 3 amide bonds. The molecular weight excluding hydrogens is 498 g/mol. The average Bonchev–Trinajstić information content (AvgIpc) is 3.16. The predicted molar refractivity (Wildman–Crippen MR) is 138 cm³/mol. The molecule has 194 valence electrons. The maximum atomic E-state index is 12.9. The number of nitro groups is 1. The summed E-state index contributed by atoms with van der Waals surface area (Å²) >= 11 is 0.792. The van der Waals surface area contributed by atoms with Crippen LogP contribution in [0.3, 0.4) is 0 Å². The molecule has 0 spiro atoms. The first-order valence-electron chi connectivity index (χ1n) is 12.0. The van der Waals surface area contributed by atoms with Crippen LogP contribution in [0.4, 0.5) is 10.5 Å². The van der Waals surface area contributed by atoms with Gasteiger partial charge in [-0.05, 0) is 67.8 Å². The van der Waals surface area contributed by atoms with Gasteiger partial charge in [0.05, 0.1) is 22.0 Å². The zero-order chi connectivity index (χ0) is 26.4. The van der Waals surface area contributed by atoms with E-state index in [1.165, 1.54) is 6.07 Å². The number of carbonyl (C=O) groups is 3. The molecule has 2 aliphatic rings. The number of likely N-dealkylation sites (tertiary alicyclic amines) is 1. The van der Waals surface area contributed by atoms with E-state index in [1.807, 2.05) is 6.92 Å². The van der Waals surface area contributed by atoms with Crippen molar-refractivity contribution in [3.63, 3.8) is 0 Å². The Bertz CT molecular complexity index is 1240. The Labute approximate surface area is 218 Å². The monoisotopic (exact) mass is 525 g/mol. The highest BCUT2D eigenvalue weighted by molar-refractivity contribution is 8.18. The number of hydrogen-bond acceptors (Lipinski definition) is 8. The van der Waals surface area contributed by atoms with Gasteiger partial charge in [0, 0.05) is 19.2 Å². The van der Waals surface area contributed by atoms with Gasteiger partial charge in [-0.15, -0.1) is 0 Å². The fourth-order valence-electron chi connectivity index (χ4n) is 4.13. The van der Waals surface area contributed by atoms with Crippen molar-refractivity contribution in [1.29, 1.82) is 0 Å². The van der Waals surface area contributed by atoms with Crippen LogP contribution in [-0.4, -0.2) is 58.0 Å². The number of carbonyl (C=O) groups excluding carboxylic acids is 3. The fraction of sp³-hybridized carbons (Fsp3) is 0.346. The minimum Gasteiger partial charge on any atom is -0.490 e. The molecule has 0 bridgehead atoms. The number of para-hydroxylation sites is 1. The summed E-state index contributed by atoms with van der Waals surface area (Å²) in [6.07, 6.45) is 4.51. The molecule has 37 heavy (non-hydrogen) atoms. The molecule has 0 saturated carbocycles. The van der Waals surface area contributed by atoms with Gasteiger partial charge in [-0.2, -0.15) is 0 Å². The molecule has 4 rings (SSSR count). The lowest BCUT2D eigenvalue weighted by Crippen LogP contribution is -2.44. The maximum absolute atomic E-state index is 12.9. The highest BCUT2D eigenvalue weighted by Gasteiger charge is 2.37. The van der Waals surface area contributed by atoms with Crippen molar-refractivity contribution in [2.75, 3.05) is 26.2 Å². The normalized spacial score (nSPS) is 16.8. The topological polar surface area (TPSA) is 119 Å².